The van der Waals surface area contributed by atoms with Gasteiger partial charge >= 0.3 is 0 Å². The molecular weight excluding hydrogens is 369 g/mol. The molecule has 29 heavy (non-hydrogen) atoms. The first-order valence-corrected chi connectivity index (χ1v) is 9.52. The van der Waals surface area contributed by atoms with Gasteiger partial charge in [-0.1, -0.05) is 0 Å². The Labute approximate surface area is 167 Å². The fourth-order valence-electron chi connectivity index (χ4n) is 3.63. The van der Waals surface area contributed by atoms with Crippen LogP contribution < -0.4 is 16.0 Å². The fraction of sp³-hybridized carbons (Fsp3) is 0.190. The van der Waals surface area contributed by atoms with Crippen molar-refractivity contribution in [2.24, 2.45) is 0 Å². The lowest BCUT2D eigenvalue weighted by atomic mass is 10.2. The third-order valence-corrected chi connectivity index (χ3v) is 5.06. The van der Waals surface area contributed by atoms with Crippen molar-refractivity contribution in [3.8, 4) is 17.1 Å². The lowest BCUT2D eigenvalue weighted by molar-refractivity contribution is 0.585. The molecule has 0 radical (unpaired) electrons. The normalized spacial score (nSPS) is 14.4. The van der Waals surface area contributed by atoms with Gasteiger partial charge in [0.1, 0.15) is 28.8 Å². The van der Waals surface area contributed by atoms with Crippen molar-refractivity contribution in [1.29, 1.82) is 0 Å². The zero-order valence-corrected chi connectivity index (χ0v) is 15.7. The molecule has 0 saturated carbocycles. The van der Waals surface area contributed by atoms with Crippen molar-refractivity contribution in [2.75, 3.05) is 36.8 Å². The maximum atomic E-state index is 13.5. The van der Waals surface area contributed by atoms with E-state index in [1.807, 2.05) is 22.8 Å². The molecule has 8 heteroatoms. The molecule has 5 rings (SSSR count). The molecule has 1 fully saturated rings. The van der Waals surface area contributed by atoms with Crippen molar-refractivity contribution >= 4 is 22.8 Å². The number of piperazine rings is 1. The molecule has 0 unspecified atom stereocenters. The Bertz CT molecular complexity index is 1160. The van der Waals surface area contributed by atoms with Crippen molar-refractivity contribution in [3.05, 3.63) is 60.5 Å². The van der Waals surface area contributed by atoms with E-state index in [1.165, 1.54) is 12.1 Å². The van der Waals surface area contributed by atoms with Crippen LogP contribution >= 0.6 is 0 Å². The van der Waals surface area contributed by atoms with E-state index in [4.69, 9.17) is 15.7 Å². The van der Waals surface area contributed by atoms with E-state index in [2.05, 4.69) is 15.2 Å². The maximum Gasteiger partial charge on any atom is 0.167 e. The summed E-state index contributed by atoms with van der Waals surface area (Å²) >= 11 is 0. The Balaban J connectivity index is 1.73. The number of rotatable bonds is 3. The molecule has 1 aromatic carbocycles. The molecule has 146 valence electrons. The van der Waals surface area contributed by atoms with E-state index in [9.17, 15) is 4.39 Å². The molecule has 0 atom stereocenters. The molecule has 0 spiro atoms. The van der Waals surface area contributed by atoms with E-state index in [0.29, 0.717) is 11.6 Å². The molecule has 3 N–H and O–H groups in total. The number of hydrogen-bond donors (Lipinski definition) is 2. The number of anilines is 2. The molecule has 0 bridgehead atoms. The van der Waals surface area contributed by atoms with E-state index in [0.717, 1.165) is 54.4 Å². The van der Waals surface area contributed by atoms with Gasteiger partial charge in [0.15, 0.2) is 5.65 Å². The smallest absolute Gasteiger partial charge is 0.167 e. The summed E-state index contributed by atoms with van der Waals surface area (Å²) in [5.74, 6) is 1.71. The number of pyridine rings is 2. The third kappa shape index (κ3) is 3.27. The number of nitrogens with two attached hydrogens (primary N) is 1. The second kappa shape index (κ2) is 7.14. The minimum atomic E-state index is -0.288. The van der Waals surface area contributed by atoms with Crippen LogP contribution in [-0.4, -0.2) is 45.7 Å². The number of fused-ring (bicyclic) bond motifs is 1. The zero-order chi connectivity index (χ0) is 19.8. The molecule has 1 aliphatic heterocycles. The molecule has 1 aliphatic rings. The van der Waals surface area contributed by atoms with Crippen molar-refractivity contribution in [1.82, 2.24) is 24.8 Å². The first kappa shape index (κ1) is 17.6. The molecule has 0 aliphatic carbocycles. The Hall–Kier alpha value is -3.52. The molecule has 4 heterocycles. The van der Waals surface area contributed by atoms with Gasteiger partial charge in [-0.15, -0.1) is 0 Å². The fourth-order valence-corrected chi connectivity index (χ4v) is 3.63. The van der Waals surface area contributed by atoms with Crippen LogP contribution in [0.2, 0.25) is 0 Å². The number of nitrogens with one attached hydrogen (secondary N) is 1. The average molecular weight is 389 g/mol. The summed E-state index contributed by atoms with van der Waals surface area (Å²) < 4.78 is 15.4. The number of nitrogens with zero attached hydrogens (tertiary/aromatic N) is 5. The number of halogens is 1. The molecule has 3 aromatic heterocycles. The van der Waals surface area contributed by atoms with Crippen LogP contribution in [0.15, 0.2) is 54.7 Å². The highest BCUT2D eigenvalue weighted by molar-refractivity contribution is 5.81. The van der Waals surface area contributed by atoms with Crippen molar-refractivity contribution in [2.45, 2.75) is 0 Å². The second-order valence-electron chi connectivity index (χ2n) is 6.97. The van der Waals surface area contributed by atoms with Gasteiger partial charge in [-0.2, -0.15) is 0 Å². The molecule has 7 nitrogen and oxygen atoms in total. The number of hydrogen-bond acceptors (Lipinski definition) is 6. The van der Waals surface area contributed by atoms with Crippen LogP contribution in [0.25, 0.3) is 28.2 Å². The standard InChI is InChI=1S/C21H20FN7/c22-15-3-1-14(2-4-15)20-26-17-5-6-19(28-11-9-24-10-12-28)27-21(17)29(20)16-7-8-25-18(23)13-16/h1-8,13,24H,9-12H2,(H2,23,25). The van der Waals surface area contributed by atoms with E-state index < -0.39 is 0 Å². The van der Waals surface area contributed by atoms with Gasteiger partial charge in [-0.05, 0) is 42.5 Å². The first-order chi connectivity index (χ1) is 14.2. The average Bonchev–Trinajstić information content (AvgIpc) is 3.13. The number of nitrogen functional groups attached to an aromatic ring is 1. The van der Waals surface area contributed by atoms with Gasteiger partial charge < -0.3 is 16.0 Å². The van der Waals surface area contributed by atoms with Crippen LogP contribution in [0.1, 0.15) is 0 Å². The lowest BCUT2D eigenvalue weighted by Gasteiger charge is -2.28. The van der Waals surface area contributed by atoms with E-state index >= 15 is 0 Å². The van der Waals surface area contributed by atoms with Gasteiger partial charge in [0, 0.05) is 44.0 Å². The van der Waals surface area contributed by atoms with Gasteiger partial charge in [0.2, 0.25) is 0 Å². The third-order valence-electron chi connectivity index (χ3n) is 5.06. The van der Waals surface area contributed by atoms with Crippen molar-refractivity contribution in [3.63, 3.8) is 0 Å². The van der Waals surface area contributed by atoms with Gasteiger partial charge in [0.05, 0.1) is 5.69 Å². The van der Waals surface area contributed by atoms with Gasteiger partial charge in [-0.3, -0.25) is 4.57 Å². The monoisotopic (exact) mass is 389 g/mol. The SMILES string of the molecule is Nc1cc(-n2c(-c3ccc(F)cc3)nc3ccc(N4CCNCC4)nc32)ccn1. The number of benzene rings is 1. The highest BCUT2D eigenvalue weighted by Gasteiger charge is 2.19. The van der Waals surface area contributed by atoms with Crippen LogP contribution in [0.5, 0.6) is 0 Å². The summed E-state index contributed by atoms with van der Waals surface area (Å²) in [6.45, 7) is 3.67. The minimum Gasteiger partial charge on any atom is -0.384 e. The maximum absolute atomic E-state index is 13.5. The van der Waals surface area contributed by atoms with Crippen LogP contribution in [0.3, 0.4) is 0 Å². The topological polar surface area (TPSA) is 84.9 Å². The quantitative estimate of drug-likeness (QED) is 0.560. The van der Waals surface area contributed by atoms with Crippen LogP contribution in [-0.2, 0) is 0 Å². The minimum absolute atomic E-state index is 0.288. The summed E-state index contributed by atoms with van der Waals surface area (Å²) in [6, 6.07) is 13.9. The largest absolute Gasteiger partial charge is 0.384 e. The Kier molecular flexibility index (Phi) is 4.33. The summed E-state index contributed by atoms with van der Waals surface area (Å²) in [5.41, 5.74) is 9.03. The van der Waals surface area contributed by atoms with Crippen LogP contribution in [0, 0.1) is 5.82 Å². The van der Waals surface area contributed by atoms with Crippen molar-refractivity contribution < 1.29 is 4.39 Å². The Morgan fingerprint density at radius 3 is 2.52 bits per heavy atom. The summed E-state index contributed by atoms with van der Waals surface area (Å²) in [4.78, 5) is 16.1. The predicted octanol–water partition coefficient (Wildman–Crippen LogP) is 2.61. The van der Waals surface area contributed by atoms with Crippen LogP contribution in [0.4, 0.5) is 16.0 Å². The predicted molar refractivity (Wildman–Crippen MR) is 112 cm³/mol. The summed E-state index contributed by atoms with van der Waals surface area (Å²) in [7, 11) is 0. The Morgan fingerprint density at radius 1 is 0.966 bits per heavy atom. The van der Waals surface area contributed by atoms with Gasteiger partial charge in [-0.25, -0.2) is 19.3 Å². The summed E-state index contributed by atoms with van der Waals surface area (Å²) in [6.07, 6.45) is 1.66. The highest BCUT2D eigenvalue weighted by atomic mass is 19.1. The summed E-state index contributed by atoms with van der Waals surface area (Å²) in [5, 5.41) is 3.36. The Morgan fingerprint density at radius 2 is 1.76 bits per heavy atom. The first-order valence-electron chi connectivity index (χ1n) is 9.52. The molecular formula is C21H20FN7. The van der Waals surface area contributed by atoms with E-state index in [-0.39, 0.29) is 5.82 Å². The van der Waals surface area contributed by atoms with E-state index in [1.54, 1.807) is 24.4 Å². The molecule has 1 saturated heterocycles. The number of aromatic nitrogens is 4. The molecule has 4 aromatic rings. The second-order valence-corrected chi connectivity index (χ2v) is 6.97. The zero-order valence-electron chi connectivity index (χ0n) is 15.7. The number of imidazole rings is 1. The lowest BCUT2D eigenvalue weighted by Crippen LogP contribution is -2.43. The van der Waals surface area contributed by atoms with Gasteiger partial charge in [0.25, 0.3) is 0 Å². The highest BCUT2D eigenvalue weighted by Crippen LogP contribution is 2.29. The molecule has 0 amide bonds.